The molecule has 0 unspecified atom stereocenters. The number of hydrogen-bond donors (Lipinski definition) is 1. The SMILES string of the molecule is CCCCN(CC)c1cc(C)ccc1CN. The maximum atomic E-state index is 5.80. The van der Waals surface area contributed by atoms with Crippen molar-refractivity contribution in [2.45, 2.75) is 40.2 Å². The number of benzene rings is 1. The van der Waals surface area contributed by atoms with Crippen LogP contribution in [0.4, 0.5) is 5.69 Å². The van der Waals surface area contributed by atoms with Gasteiger partial charge in [0.15, 0.2) is 0 Å². The predicted molar refractivity (Wildman–Crippen MR) is 71.9 cm³/mol. The van der Waals surface area contributed by atoms with Gasteiger partial charge in [-0.15, -0.1) is 0 Å². The summed E-state index contributed by atoms with van der Waals surface area (Å²) in [5, 5.41) is 0. The molecule has 0 aromatic heterocycles. The van der Waals surface area contributed by atoms with Crippen LogP contribution in [0.1, 0.15) is 37.8 Å². The van der Waals surface area contributed by atoms with Crippen LogP contribution in [-0.4, -0.2) is 13.1 Å². The molecule has 1 aromatic carbocycles. The fraction of sp³-hybridized carbons (Fsp3) is 0.571. The van der Waals surface area contributed by atoms with E-state index in [1.165, 1.54) is 29.7 Å². The number of hydrogen-bond acceptors (Lipinski definition) is 2. The fourth-order valence-corrected chi connectivity index (χ4v) is 1.94. The minimum Gasteiger partial charge on any atom is -0.372 e. The van der Waals surface area contributed by atoms with E-state index in [0.717, 1.165) is 13.1 Å². The summed E-state index contributed by atoms with van der Waals surface area (Å²) < 4.78 is 0. The summed E-state index contributed by atoms with van der Waals surface area (Å²) in [4.78, 5) is 2.43. The van der Waals surface area contributed by atoms with E-state index in [9.17, 15) is 0 Å². The van der Waals surface area contributed by atoms with Gasteiger partial charge in [0.25, 0.3) is 0 Å². The second kappa shape index (κ2) is 6.54. The zero-order valence-corrected chi connectivity index (χ0v) is 10.8. The van der Waals surface area contributed by atoms with Gasteiger partial charge in [0, 0.05) is 25.3 Å². The van der Waals surface area contributed by atoms with E-state index in [2.05, 4.69) is 43.9 Å². The van der Waals surface area contributed by atoms with Crippen LogP contribution in [0.2, 0.25) is 0 Å². The van der Waals surface area contributed by atoms with Gasteiger partial charge in [-0.25, -0.2) is 0 Å². The number of nitrogens with two attached hydrogens (primary N) is 1. The second-order valence-corrected chi connectivity index (χ2v) is 4.27. The zero-order chi connectivity index (χ0) is 12.0. The van der Waals surface area contributed by atoms with Crippen molar-refractivity contribution >= 4 is 5.69 Å². The van der Waals surface area contributed by atoms with Gasteiger partial charge in [0.05, 0.1) is 0 Å². The van der Waals surface area contributed by atoms with E-state index in [-0.39, 0.29) is 0 Å². The Bertz CT molecular complexity index is 321. The summed E-state index contributed by atoms with van der Waals surface area (Å²) in [6, 6.07) is 6.54. The van der Waals surface area contributed by atoms with Gasteiger partial charge in [0.2, 0.25) is 0 Å². The van der Waals surface area contributed by atoms with Crippen molar-refractivity contribution in [1.82, 2.24) is 0 Å². The van der Waals surface area contributed by atoms with Crippen LogP contribution in [-0.2, 0) is 6.54 Å². The quantitative estimate of drug-likeness (QED) is 0.798. The lowest BCUT2D eigenvalue weighted by Crippen LogP contribution is -2.25. The number of unbranched alkanes of at least 4 members (excludes halogenated alkanes) is 1. The normalized spacial score (nSPS) is 10.5. The van der Waals surface area contributed by atoms with E-state index >= 15 is 0 Å². The van der Waals surface area contributed by atoms with Crippen LogP contribution < -0.4 is 10.6 Å². The topological polar surface area (TPSA) is 29.3 Å². The van der Waals surface area contributed by atoms with E-state index in [0.29, 0.717) is 6.54 Å². The molecule has 0 aliphatic rings. The highest BCUT2D eigenvalue weighted by Gasteiger charge is 2.08. The first kappa shape index (κ1) is 13.0. The third-order valence-corrected chi connectivity index (χ3v) is 2.96. The summed E-state index contributed by atoms with van der Waals surface area (Å²) in [5.74, 6) is 0. The summed E-state index contributed by atoms with van der Waals surface area (Å²) in [6.45, 7) is 9.38. The lowest BCUT2D eigenvalue weighted by molar-refractivity contribution is 0.728. The molecule has 2 N–H and O–H groups in total. The first-order valence-corrected chi connectivity index (χ1v) is 6.27. The van der Waals surface area contributed by atoms with Crippen molar-refractivity contribution in [1.29, 1.82) is 0 Å². The Morgan fingerprint density at radius 3 is 2.56 bits per heavy atom. The molecule has 90 valence electrons. The van der Waals surface area contributed by atoms with Crippen molar-refractivity contribution in [3.63, 3.8) is 0 Å². The summed E-state index contributed by atoms with van der Waals surface area (Å²) >= 11 is 0. The van der Waals surface area contributed by atoms with Crippen LogP contribution in [0.3, 0.4) is 0 Å². The molecule has 1 aromatic rings. The maximum Gasteiger partial charge on any atom is 0.0414 e. The summed E-state index contributed by atoms with van der Waals surface area (Å²) in [6.07, 6.45) is 2.48. The van der Waals surface area contributed by atoms with Crippen LogP contribution in [0.25, 0.3) is 0 Å². The number of anilines is 1. The van der Waals surface area contributed by atoms with Gasteiger partial charge in [0.1, 0.15) is 0 Å². The fourth-order valence-electron chi connectivity index (χ4n) is 1.94. The van der Waals surface area contributed by atoms with E-state index in [1.54, 1.807) is 0 Å². The standard InChI is InChI=1S/C14H24N2/c1-4-6-9-16(5-2)14-10-12(3)7-8-13(14)11-15/h7-8,10H,4-6,9,11,15H2,1-3H3. The van der Waals surface area contributed by atoms with E-state index < -0.39 is 0 Å². The Morgan fingerprint density at radius 1 is 1.25 bits per heavy atom. The van der Waals surface area contributed by atoms with Gasteiger partial charge in [-0.2, -0.15) is 0 Å². The van der Waals surface area contributed by atoms with Crippen LogP contribution in [0, 0.1) is 6.92 Å². The third-order valence-electron chi connectivity index (χ3n) is 2.96. The molecule has 0 saturated heterocycles. The van der Waals surface area contributed by atoms with Crippen molar-refractivity contribution in [3.05, 3.63) is 29.3 Å². The van der Waals surface area contributed by atoms with Gasteiger partial charge in [-0.3, -0.25) is 0 Å². The molecule has 1 rings (SSSR count). The molecule has 0 radical (unpaired) electrons. The molecule has 0 heterocycles. The highest BCUT2D eigenvalue weighted by molar-refractivity contribution is 5.55. The molecule has 2 nitrogen and oxygen atoms in total. The Morgan fingerprint density at radius 2 is 2.00 bits per heavy atom. The average Bonchev–Trinajstić information content (AvgIpc) is 2.30. The van der Waals surface area contributed by atoms with Crippen LogP contribution in [0.15, 0.2) is 18.2 Å². The minimum absolute atomic E-state index is 0.623. The third kappa shape index (κ3) is 3.24. The van der Waals surface area contributed by atoms with Crippen molar-refractivity contribution < 1.29 is 0 Å². The second-order valence-electron chi connectivity index (χ2n) is 4.27. The van der Waals surface area contributed by atoms with Gasteiger partial charge in [-0.05, 0) is 37.5 Å². The number of rotatable bonds is 6. The van der Waals surface area contributed by atoms with Gasteiger partial charge >= 0.3 is 0 Å². The molecule has 16 heavy (non-hydrogen) atoms. The van der Waals surface area contributed by atoms with Crippen molar-refractivity contribution in [2.75, 3.05) is 18.0 Å². The van der Waals surface area contributed by atoms with Crippen LogP contribution in [0.5, 0.6) is 0 Å². The summed E-state index contributed by atoms with van der Waals surface area (Å²) in [7, 11) is 0. The number of aryl methyl sites for hydroxylation is 1. The molecule has 0 bridgehead atoms. The van der Waals surface area contributed by atoms with E-state index in [1.807, 2.05) is 0 Å². The molecule has 2 heteroatoms. The molecule has 0 saturated carbocycles. The predicted octanol–water partition coefficient (Wildman–Crippen LogP) is 3.08. The molecule has 0 aliphatic carbocycles. The number of nitrogens with zero attached hydrogens (tertiary/aromatic N) is 1. The molecule has 0 atom stereocenters. The van der Waals surface area contributed by atoms with E-state index in [4.69, 9.17) is 5.73 Å². The average molecular weight is 220 g/mol. The maximum absolute atomic E-state index is 5.80. The smallest absolute Gasteiger partial charge is 0.0414 e. The summed E-state index contributed by atoms with van der Waals surface area (Å²) in [5.41, 5.74) is 9.67. The van der Waals surface area contributed by atoms with Crippen molar-refractivity contribution in [3.8, 4) is 0 Å². The Labute approximate surface area is 99.5 Å². The Kier molecular flexibility index (Phi) is 5.33. The highest BCUT2D eigenvalue weighted by Crippen LogP contribution is 2.22. The Balaban J connectivity index is 2.92. The molecular weight excluding hydrogens is 196 g/mol. The van der Waals surface area contributed by atoms with Crippen LogP contribution >= 0.6 is 0 Å². The monoisotopic (exact) mass is 220 g/mol. The lowest BCUT2D eigenvalue weighted by atomic mass is 10.1. The first-order chi connectivity index (χ1) is 7.72. The zero-order valence-electron chi connectivity index (χ0n) is 10.8. The molecule has 0 amide bonds. The molecule has 0 spiro atoms. The molecule has 0 aliphatic heterocycles. The largest absolute Gasteiger partial charge is 0.372 e. The Hall–Kier alpha value is -1.02. The first-order valence-electron chi connectivity index (χ1n) is 6.27. The highest BCUT2D eigenvalue weighted by atomic mass is 15.1. The van der Waals surface area contributed by atoms with Crippen molar-refractivity contribution in [2.24, 2.45) is 5.73 Å². The van der Waals surface area contributed by atoms with Gasteiger partial charge in [-0.1, -0.05) is 25.5 Å². The lowest BCUT2D eigenvalue weighted by Gasteiger charge is -2.25. The molecule has 0 fully saturated rings. The minimum atomic E-state index is 0.623. The van der Waals surface area contributed by atoms with Gasteiger partial charge < -0.3 is 10.6 Å². The molecular formula is C14H24N2.